The summed E-state index contributed by atoms with van der Waals surface area (Å²) in [4.78, 5) is 25.6. The predicted molar refractivity (Wildman–Crippen MR) is 138 cm³/mol. The first-order valence-corrected chi connectivity index (χ1v) is 12.1. The Morgan fingerprint density at radius 2 is 1.91 bits per heavy atom. The number of piperazine rings is 1. The first kappa shape index (κ1) is 23.6. The van der Waals surface area contributed by atoms with Crippen molar-refractivity contribution < 1.29 is 9.53 Å². The topological polar surface area (TPSA) is 94.7 Å². The molecule has 3 N–H and O–H groups in total. The molecule has 1 aromatic heterocycles. The Balaban J connectivity index is 1.37. The number of carbonyl (C=O) groups excluding carboxylic acids is 1. The summed E-state index contributed by atoms with van der Waals surface area (Å²) in [6, 6.07) is 11.3. The van der Waals surface area contributed by atoms with Gasteiger partial charge < -0.3 is 25.6 Å². The maximum absolute atomic E-state index is 13.1. The number of anilines is 4. The molecule has 1 saturated heterocycles. The van der Waals surface area contributed by atoms with E-state index in [-0.39, 0.29) is 24.1 Å². The van der Waals surface area contributed by atoms with E-state index in [0.29, 0.717) is 21.7 Å². The van der Waals surface area contributed by atoms with Gasteiger partial charge in [0.25, 0.3) is 5.91 Å². The van der Waals surface area contributed by atoms with Gasteiger partial charge in [-0.3, -0.25) is 9.69 Å². The number of nitrogens with one attached hydrogen (secondary N) is 3. The van der Waals surface area contributed by atoms with E-state index in [0.717, 1.165) is 38.4 Å². The summed E-state index contributed by atoms with van der Waals surface area (Å²) in [6.07, 6.45) is 1.45. The van der Waals surface area contributed by atoms with Crippen LogP contribution < -0.4 is 30.5 Å². The van der Waals surface area contributed by atoms with Gasteiger partial charge in [0.1, 0.15) is 5.56 Å². The van der Waals surface area contributed by atoms with E-state index in [1.165, 1.54) is 22.3 Å². The van der Waals surface area contributed by atoms with Gasteiger partial charge in [0.05, 0.1) is 15.7 Å². The zero-order valence-electron chi connectivity index (χ0n) is 19.1. The largest absolute Gasteiger partial charge is 0.455 e. The van der Waals surface area contributed by atoms with Gasteiger partial charge >= 0.3 is 0 Å². The van der Waals surface area contributed by atoms with E-state index in [4.69, 9.17) is 27.9 Å². The SMILES string of the molecule is CNCc1cc(Nc2ncc3c(n2)OCN(c2c(Cl)cccc2Cl)C3=O)ccc1N1CCNCC1. The molecule has 0 aliphatic carbocycles. The van der Waals surface area contributed by atoms with E-state index in [1.54, 1.807) is 18.2 Å². The summed E-state index contributed by atoms with van der Waals surface area (Å²) in [7, 11) is 1.93. The number of halogens is 2. The molecule has 35 heavy (non-hydrogen) atoms. The molecule has 5 rings (SSSR count). The second-order valence-corrected chi connectivity index (χ2v) is 9.04. The number of hydrogen-bond donors (Lipinski definition) is 3. The average Bonchev–Trinajstić information content (AvgIpc) is 2.86. The normalized spacial score (nSPS) is 15.6. The van der Waals surface area contributed by atoms with Gasteiger partial charge in [-0.2, -0.15) is 4.98 Å². The van der Waals surface area contributed by atoms with Crippen LogP contribution in [0.5, 0.6) is 5.88 Å². The van der Waals surface area contributed by atoms with Crippen molar-refractivity contribution in [1.82, 2.24) is 20.6 Å². The molecule has 2 aliphatic heterocycles. The van der Waals surface area contributed by atoms with Crippen molar-refractivity contribution in [3.05, 3.63) is 63.8 Å². The highest BCUT2D eigenvalue weighted by Crippen LogP contribution is 2.37. The minimum absolute atomic E-state index is 0.0581. The van der Waals surface area contributed by atoms with Crippen molar-refractivity contribution in [3.63, 3.8) is 0 Å². The number of fused-ring (bicyclic) bond motifs is 1. The zero-order valence-corrected chi connectivity index (χ0v) is 20.7. The van der Waals surface area contributed by atoms with Crippen molar-refractivity contribution in [1.29, 1.82) is 0 Å². The molecular formula is C24H25Cl2N7O2. The lowest BCUT2D eigenvalue weighted by molar-refractivity contribution is 0.0932. The average molecular weight is 514 g/mol. The van der Waals surface area contributed by atoms with Crippen LogP contribution in [0.1, 0.15) is 15.9 Å². The molecule has 3 aromatic rings. The lowest BCUT2D eigenvalue weighted by Crippen LogP contribution is -2.44. The third-order valence-electron chi connectivity index (χ3n) is 5.93. The Morgan fingerprint density at radius 3 is 2.66 bits per heavy atom. The highest BCUT2D eigenvalue weighted by Gasteiger charge is 2.31. The van der Waals surface area contributed by atoms with Gasteiger partial charge in [0, 0.05) is 50.3 Å². The Kier molecular flexibility index (Phi) is 6.92. The Morgan fingerprint density at radius 1 is 1.14 bits per heavy atom. The monoisotopic (exact) mass is 513 g/mol. The predicted octanol–water partition coefficient (Wildman–Crippen LogP) is 3.65. The maximum Gasteiger partial charge on any atom is 0.268 e. The Bertz CT molecular complexity index is 1230. The molecule has 9 nitrogen and oxygen atoms in total. The van der Waals surface area contributed by atoms with Crippen LogP contribution in [0.2, 0.25) is 10.0 Å². The number of para-hydroxylation sites is 1. The summed E-state index contributed by atoms with van der Waals surface area (Å²) in [6.45, 7) is 4.56. The number of aromatic nitrogens is 2. The van der Waals surface area contributed by atoms with E-state index >= 15 is 0 Å². The Labute approximate surface area is 213 Å². The van der Waals surface area contributed by atoms with Crippen LogP contribution in [0.15, 0.2) is 42.6 Å². The first-order valence-electron chi connectivity index (χ1n) is 11.3. The van der Waals surface area contributed by atoms with Crippen molar-refractivity contribution in [2.45, 2.75) is 6.54 Å². The van der Waals surface area contributed by atoms with Crippen LogP contribution in [0, 0.1) is 0 Å². The molecule has 0 saturated carbocycles. The number of hydrogen-bond acceptors (Lipinski definition) is 8. The smallest absolute Gasteiger partial charge is 0.268 e. The fourth-order valence-electron chi connectivity index (χ4n) is 4.26. The molecule has 3 heterocycles. The fourth-order valence-corrected chi connectivity index (χ4v) is 4.87. The minimum Gasteiger partial charge on any atom is -0.455 e. The number of benzene rings is 2. The van der Waals surface area contributed by atoms with Crippen LogP contribution in [0.4, 0.5) is 23.0 Å². The van der Waals surface area contributed by atoms with E-state index < -0.39 is 0 Å². The van der Waals surface area contributed by atoms with Crippen molar-refractivity contribution in [2.24, 2.45) is 0 Å². The molecule has 2 aromatic carbocycles. The van der Waals surface area contributed by atoms with Crippen LogP contribution >= 0.6 is 23.2 Å². The quantitative estimate of drug-likeness (QED) is 0.459. The van der Waals surface area contributed by atoms with Crippen molar-refractivity contribution >= 4 is 52.1 Å². The van der Waals surface area contributed by atoms with E-state index in [1.807, 2.05) is 13.1 Å². The fraction of sp³-hybridized carbons (Fsp3) is 0.292. The molecule has 2 aliphatic rings. The zero-order chi connectivity index (χ0) is 24.4. The summed E-state index contributed by atoms with van der Waals surface area (Å²) in [5.41, 5.74) is 3.87. The molecule has 182 valence electrons. The second kappa shape index (κ2) is 10.2. The molecule has 0 bridgehead atoms. The number of ether oxygens (including phenoxy) is 1. The van der Waals surface area contributed by atoms with Gasteiger partial charge in [0.15, 0.2) is 6.73 Å². The molecule has 0 atom stereocenters. The van der Waals surface area contributed by atoms with E-state index in [9.17, 15) is 4.79 Å². The molecule has 0 radical (unpaired) electrons. The molecule has 1 fully saturated rings. The second-order valence-electron chi connectivity index (χ2n) is 8.23. The lowest BCUT2D eigenvalue weighted by atomic mass is 10.1. The molecule has 0 unspecified atom stereocenters. The van der Waals surface area contributed by atoms with Gasteiger partial charge in [-0.05, 0) is 42.9 Å². The molecule has 1 amide bonds. The summed E-state index contributed by atoms with van der Waals surface area (Å²) in [5, 5.41) is 10.6. The summed E-state index contributed by atoms with van der Waals surface area (Å²) in [5.74, 6) is 0.218. The van der Waals surface area contributed by atoms with Gasteiger partial charge in [-0.1, -0.05) is 29.3 Å². The highest BCUT2D eigenvalue weighted by molar-refractivity contribution is 6.40. The van der Waals surface area contributed by atoms with E-state index in [2.05, 4.69) is 43.0 Å². The van der Waals surface area contributed by atoms with Gasteiger partial charge in [-0.25, -0.2) is 4.98 Å². The van der Waals surface area contributed by atoms with Crippen LogP contribution in [-0.4, -0.2) is 55.8 Å². The van der Waals surface area contributed by atoms with Crippen LogP contribution in [-0.2, 0) is 6.54 Å². The minimum atomic E-state index is -0.329. The molecule has 0 spiro atoms. The van der Waals surface area contributed by atoms with Gasteiger partial charge in [-0.15, -0.1) is 0 Å². The number of carbonyl (C=O) groups is 1. The van der Waals surface area contributed by atoms with Crippen LogP contribution in [0.3, 0.4) is 0 Å². The molecule has 11 heteroatoms. The third kappa shape index (κ3) is 4.85. The maximum atomic E-state index is 13.1. The number of nitrogens with zero attached hydrogens (tertiary/aromatic N) is 4. The molecular weight excluding hydrogens is 489 g/mol. The lowest BCUT2D eigenvalue weighted by Gasteiger charge is -2.31. The number of rotatable bonds is 6. The standard InChI is InChI=1S/C24H25Cl2N7O2/c1-27-12-15-11-16(5-6-20(15)32-9-7-28-8-10-32)30-24-29-13-17-22(31-24)35-14-33(23(17)34)21-18(25)3-2-4-19(21)26/h2-6,11,13,27-28H,7-10,12,14H2,1H3,(H,29,30,31). The first-order chi connectivity index (χ1) is 17.0. The number of amides is 1. The van der Waals surface area contributed by atoms with Gasteiger partial charge in [0.2, 0.25) is 11.8 Å². The third-order valence-corrected chi connectivity index (χ3v) is 6.54. The Hall–Kier alpha value is -3.11. The highest BCUT2D eigenvalue weighted by atomic mass is 35.5. The summed E-state index contributed by atoms with van der Waals surface area (Å²) < 4.78 is 5.78. The van der Waals surface area contributed by atoms with Crippen molar-refractivity contribution in [3.8, 4) is 5.88 Å². The van der Waals surface area contributed by atoms with Crippen molar-refractivity contribution in [2.75, 3.05) is 55.1 Å². The van der Waals surface area contributed by atoms with Crippen LogP contribution in [0.25, 0.3) is 0 Å². The summed E-state index contributed by atoms with van der Waals surface area (Å²) >= 11 is 12.6.